The quantitative estimate of drug-likeness (QED) is 0.555. The zero-order chi connectivity index (χ0) is 7.84. The fourth-order valence-electron chi connectivity index (χ4n) is 1.23. The largest absolute Gasteiger partial charge is 0.336 e. The molecule has 0 bridgehead atoms. The van der Waals surface area contributed by atoms with Gasteiger partial charge in [-0.05, 0) is 25.1 Å². The highest BCUT2D eigenvalue weighted by Gasteiger charge is 1.97. The van der Waals surface area contributed by atoms with Crippen molar-refractivity contribution in [3.63, 3.8) is 0 Å². The topological polar surface area (TPSA) is 17.8 Å². The predicted molar refractivity (Wildman–Crippen MR) is 45.5 cm³/mol. The van der Waals surface area contributed by atoms with Gasteiger partial charge in [-0.2, -0.15) is 0 Å². The first-order valence-electron chi connectivity index (χ1n) is 3.66. The van der Waals surface area contributed by atoms with Crippen LogP contribution in [0.5, 0.6) is 0 Å². The number of nitrogens with zero attached hydrogens (tertiary/aromatic N) is 2. The molecule has 0 radical (unpaired) electrons. The highest BCUT2D eigenvalue weighted by Crippen LogP contribution is 2.11. The summed E-state index contributed by atoms with van der Waals surface area (Å²) in [5.74, 6) is 0. The average Bonchev–Trinajstić information content (AvgIpc) is 2.33. The van der Waals surface area contributed by atoms with Gasteiger partial charge in [0.05, 0.1) is 0 Å². The standard InChI is InChI=1S/C9H10N2/c1-7-3-4-8-5-6-11(2)9(8)10-7/h3-6H,1-2H3. The van der Waals surface area contributed by atoms with Crippen molar-refractivity contribution < 1.29 is 0 Å². The number of hydrogen-bond acceptors (Lipinski definition) is 1. The summed E-state index contributed by atoms with van der Waals surface area (Å²) in [5.41, 5.74) is 2.13. The highest BCUT2D eigenvalue weighted by atomic mass is 15.0. The van der Waals surface area contributed by atoms with Gasteiger partial charge in [0.25, 0.3) is 0 Å². The number of aryl methyl sites for hydroxylation is 2. The van der Waals surface area contributed by atoms with Crippen molar-refractivity contribution in [1.82, 2.24) is 9.55 Å². The molecule has 0 N–H and O–H groups in total. The summed E-state index contributed by atoms with van der Waals surface area (Å²) in [7, 11) is 2.01. The van der Waals surface area contributed by atoms with Crippen LogP contribution in [0.15, 0.2) is 24.4 Å². The molecule has 11 heavy (non-hydrogen) atoms. The number of aromatic nitrogens is 2. The maximum atomic E-state index is 4.40. The Labute approximate surface area is 65.5 Å². The lowest BCUT2D eigenvalue weighted by Gasteiger charge is -1.95. The lowest BCUT2D eigenvalue weighted by Crippen LogP contribution is -1.88. The molecular weight excluding hydrogens is 136 g/mol. The van der Waals surface area contributed by atoms with E-state index in [1.165, 1.54) is 5.39 Å². The van der Waals surface area contributed by atoms with Crippen LogP contribution in [0, 0.1) is 6.92 Å². The Kier molecular flexibility index (Phi) is 1.22. The third-order valence-corrected chi connectivity index (χ3v) is 1.86. The summed E-state index contributed by atoms with van der Waals surface area (Å²) in [4.78, 5) is 4.40. The molecule has 0 atom stereocenters. The van der Waals surface area contributed by atoms with Gasteiger partial charge in [-0.3, -0.25) is 0 Å². The van der Waals surface area contributed by atoms with Gasteiger partial charge < -0.3 is 4.57 Å². The van der Waals surface area contributed by atoms with Crippen molar-refractivity contribution in [1.29, 1.82) is 0 Å². The van der Waals surface area contributed by atoms with Gasteiger partial charge in [0, 0.05) is 24.3 Å². The van der Waals surface area contributed by atoms with Gasteiger partial charge in [-0.1, -0.05) is 0 Å². The third kappa shape index (κ3) is 0.909. The Bertz CT molecular complexity index is 387. The first-order valence-corrected chi connectivity index (χ1v) is 3.66. The van der Waals surface area contributed by atoms with Gasteiger partial charge in [-0.25, -0.2) is 4.98 Å². The second-order valence-corrected chi connectivity index (χ2v) is 2.79. The lowest BCUT2D eigenvalue weighted by atomic mass is 10.3. The lowest BCUT2D eigenvalue weighted by molar-refractivity contribution is 0.943. The first kappa shape index (κ1) is 6.40. The minimum atomic E-state index is 1.06. The third-order valence-electron chi connectivity index (χ3n) is 1.86. The second kappa shape index (κ2) is 2.09. The fraction of sp³-hybridized carbons (Fsp3) is 0.222. The van der Waals surface area contributed by atoms with Crippen LogP contribution in [0.3, 0.4) is 0 Å². The Morgan fingerprint density at radius 1 is 1.27 bits per heavy atom. The van der Waals surface area contributed by atoms with E-state index in [0.717, 1.165) is 11.3 Å². The summed E-state index contributed by atoms with van der Waals surface area (Å²) < 4.78 is 2.03. The Hall–Kier alpha value is -1.31. The fourth-order valence-corrected chi connectivity index (χ4v) is 1.23. The molecule has 0 spiro atoms. The van der Waals surface area contributed by atoms with Gasteiger partial charge in [0.1, 0.15) is 5.65 Å². The van der Waals surface area contributed by atoms with E-state index in [0.29, 0.717) is 0 Å². The minimum absolute atomic E-state index is 1.06. The maximum absolute atomic E-state index is 4.40. The van der Waals surface area contributed by atoms with Crippen molar-refractivity contribution >= 4 is 11.0 Å². The second-order valence-electron chi connectivity index (χ2n) is 2.79. The molecular formula is C9H10N2. The molecule has 2 rings (SSSR count). The average molecular weight is 146 g/mol. The summed E-state index contributed by atoms with van der Waals surface area (Å²) in [6, 6.07) is 6.20. The Morgan fingerprint density at radius 3 is 2.91 bits per heavy atom. The van der Waals surface area contributed by atoms with Crippen LogP contribution in [0.25, 0.3) is 11.0 Å². The SMILES string of the molecule is Cc1ccc2ccn(C)c2n1. The molecule has 0 fully saturated rings. The van der Waals surface area contributed by atoms with E-state index in [1.807, 2.05) is 30.8 Å². The van der Waals surface area contributed by atoms with Crippen LogP contribution in [0.2, 0.25) is 0 Å². The zero-order valence-corrected chi connectivity index (χ0v) is 6.70. The van der Waals surface area contributed by atoms with E-state index < -0.39 is 0 Å². The van der Waals surface area contributed by atoms with Crippen LogP contribution < -0.4 is 0 Å². The number of rotatable bonds is 0. The zero-order valence-electron chi connectivity index (χ0n) is 6.70. The molecule has 0 saturated heterocycles. The summed E-state index contributed by atoms with van der Waals surface area (Å²) in [5, 5.41) is 1.21. The number of fused-ring (bicyclic) bond motifs is 1. The van der Waals surface area contributed by atoms with Gasteiger partial charge in [0.2, 0.25) is 0 Å². The van der Waals surface area contributed by atoms with E-state index in [-0.39, 0.29) is 0 Å². The van der Waals surface area contributed by atoms with Gasteiger partial charge in [-0.15, -0.1) is 0 Å². The van der Waals surface area contributed by atoms with Crippen molar-refractivity contribution in [2.45, 2.75) is 6.92 Å². The van der Waals surface area contributed by atoms with Crippen LogP contribution >= 0.6 is 0 Å². The number of hydrogen-bond donors (Lipinski definition) is 0. The summed E-state index contributed by atoms with van der Waals surface area (Å²) in [6.45, 7) is 2.01. The monoisotopic (exact) mass is 146 g/mol. The number of pyridine rings is 1. The molecule has 0 aliphatic rings. The smallest absolute Gasteiger partial charge is 0.139 e. The summed E-state index contributed by atoms with van der Waals surface area (Å²) >= 11 is 0. The predicted octanol–water partition coefficient (Wildman–Crippen LogP) is 1.88. The molecule has 2 aromatic rings. The van der Waals surface area contributed by atoms with Crippen LogP contribution in [-0.4, -0.2) is 9.55 Å². The molecule has 0 aliphatic carbocycles. The van der Waals surface area contributed by atoms with Crippen LogP contribution in [0.4, 0.5) is 0 Å². The first-order chi connectivity index (χ1) is 5.27. The van der Waals surface area contributed by atoms with Crippen LogP contribution in [0.1, 0.15) is 5.69 Å². The van der Waals surface area contributed by atoms with Gasteiger partial charge in [0.15, 0.2) is 0 Å². The van der Waals surface area contributed by atoms with E-state index in [2.05, 4.69) is 17.1 Å². The minimum Gasteiger partial charge on any atom is -0.336 e. The highest BCUT2D eigenvalue weighted by molar-refractivity contribution is 5.76. The molecule has 0 unspecified atom stereocenters. The maximum Gasteiger partial charge on any atom is 0.139 e. The van der Waals surface area contributed by atoms with Crippen molar-refractivity contribution in [3.05, 3.63) is 30.1 Å². The van der Waals surface area contributed by atoms with Crippen molar-refractivity contribution in [2.75, 3.05) is 0 Å². The van der Waals surface area contributed by atoms with Crippen molar-refractivity contribution in [3.8, 4) is 0 Å². The Morgan fingerprint density at radius 2 is 2.09 bits per heavy atom. The molecule has 0 aliphatic heterocycles. The molecule has 0 aromatic carbocycles. The van der Waals surface area contributed by atoms with E-state index in [4.69, 9.17) is 0 Å². The van der Waals surface area contributed by atoms with Crippen LogP contribution in [-0.2, 0) is 7.05 Å². The molecule has 0 saturated carbocycles. The van der Waals surface area contributed by atoms with E-state index in [1.54, 1.807) is 0 Å². The normalized spacial score (nSPS) is 10.7. The van der Waals surface area contributed by atoms with Crippen molar-refractivity contribution in [2.24, 2.45) is 7.05 Å². The molecule has 56 valence electrons. The van der Waals surface area contributed by atoms with E-state index in [9.17, 15) is 0 Å². The van der Waals surface area contributed by atoms with E-state index >= 15 is 0 Å². The molecule has 2 aromatic heterocycles. The van der Waals surface area contributed by atoms with Gasteiger partial charge >= 0.3 is 0 Å². The molecule has 2 nitrogen and oxygen atoms in total. The molecule has 2 heterocycles. The molecule has 2 heteroatoms. The summed E-state index contributed by atoms with van der Waals surface area (Å²) in [6.07, 6.45) is 2.02. The Balaban J connectivity index is 2.87. The molecule has 0 amide bonds.